The average molecular weight is 165 g/mol. The van der Waals surface area contributed by atoms with E-state index < -0.39 is 0 Å². The van der Waals surface area contributed by atoms with Crippen molar-refractivity contribution in [1.82, 2.24) is 9.78 Å². The molecule has 0 aliphatic rings. The molecule has 0 amide bonds. The van der Waals surface area contributed by atoms with Gasteiger partial charge in [0.1, 0.15) is 0 Å². The van der Waals surface area contributed by atoms with E-state index in [1.54, 1.807) is 0 Å². The molecule has 2 N–H and O–H groups in total. The fraction of sp³-hybridized carbons (Fsp3) is 0.444. The van der Waals surface area contributed by atoms with Gasteiger partial charge in [-0.3, -0.25) is 4.68 Å². The van der Waals surface area contributed by atoms with E-state index in [2.05, 4.69) is 12.0 Å². The normalized spacial score (nSPS) is 11.2. The second-order valence-electron chi connectivity index (χ2n) is 2.66. The summed E-state index contributed by atoms with van der Waals surface area (Å²) in [6.45, 7) is 2.70. The summed E-state index contributed by atoms with van der Waals surface area (Å²) in [5.74, 6) is 0. The van der Waals surface area contributed by atoms with Crippen LogP contribution in [0.4, 0.5) is 0 Å². The van der Waals surface area contributed by atoms with E-state index in [1.807, 2.05) is 30.1 Å². The predicted molar refractivity (Wildman–Crippen MR) is 50.7 cm³/mol. The monoisotopic (exact) mass is 165 g/mol. The Morgan fingerprint density at radius 3 is 3.00 bits per heavy atom. The molecule has 0 aliphatic carbocycles. The van der Waals surface area contributed by atoms with Crippen LogP contribution in [0.5, 0.6) is 0 Å². The molecule has 0 spiro atoms. The molecule has 0 saturated carbocycles. The first kappa shape index (κ1) is 9.00. The molecule has 1 rings (SSSR count). The van der Waals surface area contributed by atoms with Crippen molar-refractivity contribution in [2.75, 3.05) is 6.54 Å². The van der Waals surface area contributed by atoms with Crippen molar-refractivity contribution in [2.45, 2.75) is 13.3 Å². The average Bonchev–Trinajstić information content (AvgIpc) is 2.43. The van der Waals surface area contributed by atoms with E-state index in [-0.39, 0.29) is 0 Å². The number of hydrogen-bond acceptors (Lipinski definition) is 2. The minimum absolute atomic E-state index is 0.581. The second kappa shape index (κ2) is 4.07. The number of nitrogens with two attached hydrogens (primary N) is 1. The lowest BCUT2D eigenvalue weighted by Crippen LogP contribution is -1.97. The molecule has 0 saturated heterocycles. The van der Waals surface area contributed by atoms with Crippen LogP contribution in [0.3, 0.4) is 0 Å². The minimum Gasteiger partial charge on any atom is -0.327 e. The molecule has 1 aromatic heterocycles. The topological polar surface area (TPSA) is 43.8 Å². The lowest BCUT2D eigenvalue weighted by molar-refractivity contribution is 0.717. The van der Waals surface area contributed by atoms with Crippen molar-refractivity contribution >= 4 is 6.08 Å². The number of nitrogens with zero attached hydrogens (tertiary/aromatic N) is 2. The van der Waals surface area contributed by atoms with Gasteiger partial charge in [0, 0.05) is 24.8 Å². The summed E-state index contributed by atoms with van der Waals surface area (Å²) in [6, 6.07) is 0. The molecular formula is C9H15N3. The van der Waals surface area contributed by atoms with Crippen LogP contribution in [0, 0.1) is 0 Å². The van der Waals surface area contributed by atoms with Crippen molar-refractivity contribution in [3.8, 4) is 0 Å². The van der Waals surface area contributed by atoms with Gasteiger partial charge in [0.15, 0.2) is 0 Å². The van der Waals surface area contributed by atoms with Crippen molar-refractivity contribution in [2.24, 2.45) is 12.8 Å². The Kier molecular flexibility index (Phi) is 3.05. The quantitative estimate of drug-likeness (QED) is 0.724. The van der Waals surface area contributed by atoms with Gasteiger partial charge in [-0.05, 0) is 6.42 Å². The van der Waals surface area contributed by atoms with Gasteiger partial charge in [-0.2, -0.15) is 5.10 Å². The molecule has 12 heavy (non-hydrogen) atoms. The van der Waals surface area contributed by atoms with E-state index in [4.69, 9.17) is 5.73 Å². The minimum atomic E-state index is 0.581. The highest BCUT2D eigenvalue weighted by Gasteiger charge is 2.01. The van der Waals surface area contributed by atoms with Crippen LogP contribution in [0.2, 0.25) is 0 Å². The standard InChI is InChI=1S/C9H15N3/c1-3-9-8(5-4-6-10)7-11-12(9)2/h4-5,7H,3,6,10H2,1-2H3/b5-4-. The summed E-state index contributed by atoms with van der Waals surface area (Å²) in [7, 11) is 1.96. The molecule has 1 heterocycles. The van der Waals surface area contributed by atoms with Crippen LogP contribution in [0.1, 0.15) is 18.2 Å². The number of hydrogen-bond donors (Lipinski definition) is 1. The Hall–Kier alpha value is -1.09. The fourth-order valence-electron chi connectivity index (χ4n) is 1.25. The van der Waals surface area contributed by atoms with Crippen molar-refractivity contribution in [3.63, 3.8) is 0 Å². The first-order valence-electron chi connectivity index (χ1n) is 4.17. The summed E-state index contributed by atoms with van der Waals surface area (Å²) in [5, 5.41) is 4.16. The van der Waals surface area contributed by atoms with Crippen molar-refractivity contribution < 1.29 is 0 Å². The van der Waals surface area contributed by atoms with Crippen LogP contribution in [0.25, 0.3) is 6.08 Å². The molecule has 0 bridgehead atoms. The van der Waals surface area contributed by atoms with E-state index in [0.717, 1.165) is 6.42 Å². The molecule has 0 atom stereocenters. The molecule has 0 fully saturated rings. The molecule has 3 heteroatoms. The van der Waals surface area contributed by atoms with Gasteiger partial charge in [-0.25, -0.2) is 0 Å². The Labute approximate surface area is 72.9 Å². The first-order valence-corrected chi connectivity index (χ1v) is 4.17. The molecule has 0 aromatic carbocycles. The van der Waals surface area contributed by atoms with Crippen LogP contribution < -0.4 is 5.73 Å². The Balaban J connectivity index is 2.91. The van der Waals surface area contributed by atoms with Crippen molar-refractivity contribution in [1.29, 1.82) is 0 Å². The smallest absolute Gasteiger partial charge is 0.0564 e. The van der Waals surface area contributed by atoms with Gasteiger partial charge in [0.2, 0.25) is 0 Å². The predicted octanol–water partition coefficient (Wildman–Crippen LogP) is 0.954. The summed E-state index contributed by atoms with van der Waals surface area (Å²) in [6.07, 6.45) is 6.83. The number of aryl methyl sites for hydroxylation is 1. The van der Waals surface area contributed by atoms with E-state index in [1.165, 1.54) is 11.3 Å². The van der Waals surface area contributed by atoms with E-state index in [0.29, 0.717) is 6.54 Å². The Morgan fingerprint density at radius 2 is 2.42 bits per heavy atom. The molecule has 3 nitrogen and oxygen atoms in total. The number of rotatable bonds is 3. The zero-order valence-electron chi connectivity index (χ0n) is 7.62. The van der Waals surface area contributed by atoms with E-state index in [9.17, 15) is 0 Å². The third kappa shape index (κ3) is 1.74. The van der Waals surface area contributed by atoms with Crippen LogP contribution >= 0.6 is 0 Å². The largest absolute Gasteiger partial charge is 0.327 e. The molecule has 1 aromatic rings. The highest BCUT2D eigenvalue weighted by atomic mass is 15.3. The molecule has 0 unspecified atom stereocenters. The maximum absolute atomic E-state index is 5.36. The maximum atomic E-state index is 5.36. The second-order valence-corrected chi connectivity index (χ2v) is 2.66. The van der Waals surface area contributed by atoms with Crippen molar-refractivity contribution in [3.05, 3.63) is 23.5 Å². The zero-order chi connectivity index (χ0) is 8.97. The Bertz CT molecular complexity index is 273. The van der Waals surface area contributed by atoms with Crippen LogP contribution in [-0.4, -0.2) is 16.3 Å². The lowest BCUT2D eigenvalue weighted by Gasteiger charge is -1.97. The summed E-state index contributed by atoms with van der Waals surface area (Å²) < 4.78 is 1.90. The summed E-state index contributed by atoms with van der Waals surface area (Å²) >= 11 is 0. The molecule has 0 aliphatic heterocycles. The van der Waals surface area contributed by atoms with Crippen LogP contribution in [-0.2, 0) is 13.5 Å². The lowest BCUT2D eigenvalue weighted by atomic mass is 10.2. The third-order valence-corrected chi connectivity index (χ3v) is 1.86. The Morgan fingerprint density at radius 1 is 1.67 bits per heavy atom. The fourth-order valence-corrected chi connectivity index (χ4v) is 1.25. The first-order chi connectivity index (χ1) is 5.79. The highest BCUT2D eigenvalue weighted by molar-refractivity contribution is 5.51. The zero-order valence-corrected chi connectivity index (χ0v) is 7.62. The third-order valence-electron chi connectivity index (χ3n) is 1.86. The SMILES string of the molecule is CCc1c(/C=C\CN)cnn1C. The highest BCUT2D eigenvalue weighted by Crippen LogP contribution is 2.09. The van der Waals surface area contributed by atoms with Gasteiger partial charge in [-0.15, -0.1) is 0 Å². The molecule has 0 radical (unpaired) electrons. The summed E-state index contributed by atoms with van der Waals surface area (Å²) in [5.41, 5.74) is 7.78. The van der Waals surface area contributed by atoms with Gasteiger partial charge in [0.05, 0.1) is 6.20 Å². The van der Waals surface area contributed by atoms with Gasteiger partial charge in [0.25, 0.3) is 0 Å². The van der Waals surface area contributed by atoms with Gasteiger partial charge >= 0.3 is 0 Å². The van der Waals surface area contributed by atoms with Gasteiger partial charge < -0.3 is 5.73 Å². The maximum Gasteiger partial charge on any atom is 0.0564 e. The number of aromatic nitrogens is 2. The summed E-state index contributed by atoms with van der Waals surface area (Å²) in [4.78, 5) is 0. The molecule has 66 valence electrons. The van der Waals surface area contributed by atoms with E-state index >= 15 is 0 Å². The van der Waals surface area contributed by atoms with Gasteiger partial charge in [-0.1, -0.05) is 19.1 Å². The van der Waals surface area contributed by atoms with Crippen LogP contribution in [0.15, 0.2) is 12.3 Å². The molecular weight excluding hydrogens is 150 g/mol.